The molecule has 0 saturated heterocycles. The maximum Gasteiger partial charge on any atom is 0.0920 e. The third kappa shape index (κ3) is 8.22. The van der Waals surface area contributed by atoms with Crippen LogP contribution in [0.3, 0.4) is 0 Å². The van der Waals surface area contributed by atoms with Gasteiger partial charge in [-0.15, -0.1) is 74.6 Å². The summed E-state index contributed by atoms with van der Waals surface area (Å²) in [6, 6.07) is 57.4. The second-order valence-corrected chi connectivity index (χ2v) is 17.5. The Morgan fingerprint density at radius 3 is 1.46 bits per heavy atom. The average Bonchev–Trinajstić information content (AvgIpc) is 3.83. The fraction of sp³-hybridized carbons (Fsp3) is 0.0870. The molecular formula is C46H37Cl2SiZr-3. The first-order chi connectivity index (χ1) is 24.4. The Kier molecular flexibility index (Phi) is 12.2. The van der Waals surface area contributed by atoms with Gasteiger partial charge in [-0.25, -0.2) is 0 Å². The minimum atomic E-state index is -0.826. The van der Waals surface area contributed by atoms with Gasteiger partial charge in [-0.05, 0) is 36.1 Å². The predicted molar refractivity (Wildman–Crippen MR) is 216 cm³/mol. The number of hydrogen-bond acceptors (Lipinski definition) is 0. The Morgan fingerprint density at radius 2 is 0.940 bits per heavy atom. The van der Waals surface area contributed by atoms with Crippen molar-refractivity contribution in [1.82, 2.24) is 0 Å². The molecule has 0 aromatic heterocycles. The van der Waals surface area contributed by atoms with Gasteiger partial charge in [0.1, 0.15) is 0 Å². The summed E-state index contributed by atoms with van der Waals surface area (Å²) in [4.78, 5) is 0. The third-order valence-corrected chi connectivity index (χ3v) is 10.4. The van der Waals surface area contributed by atoms with Gasteiger partial charge in [0.15, 0.2) is 0 Å². The second-order valence-electron chi connectivity index (χ2n) is 12.5. The summed E-state index contributed by atoms with van der Waals surface area (Å²) in [5.41, 5.74) is 13.5. The summed E-state index contributed by atoms with van der Waals surface area (Å²) < 4.78 is 0. The first-order valence-corrected chi connectivity index (χ1v) is 24.0. The van der Waals surface area contributed by atoms with Gasteiger partial charge >= 0.3 is 37.9 Å². The Bertz CT molecular complexity index is 2200. The minimum Gasteiger partial charge on any atom is -0.184 e. The van der Waals surface area contributed by atoms with Gasteiger partial charge in [0.05, 0.1) is 9.52 Å². The number of hydrogen-bond donors (Lipinski definition) is 0. The molecule has 9 rings (SSSR count). The molecule has 0 saturated carbocycles. The molecule has 0 nitrogen and oxygen atoms in total. The molecular weight excluding hydrogens is 743 g/mol. The zero-order valence-corrected chi connectivity index (χ0v) is 33.7. The van der Waals surface area contributed by atoms with E-state index in [2.05, 4.69) is 179 Å². The van der Waals surface area contributed by atoms with Crippen LogP contribution in [0.25, 0.3) is 54.9 Å². The molecule has 0 fully saturated rings. The molecule has 4 heteroatoms. The van der Waals surface area contributed by atoms with Crippen molar-refractivity contribution >= 4 is 58.5 Å². The molecule has 1 heterocycles. The largest absolute Gasteiger partial charge is 0.184 e. The van der Waals surface area contributed by atoms with Crippen molar-refractivity contribution in [3.8, 4) is 33.4 Å². The Labute approximate surface area is 318 Å². The van der Waals surface area contributed by atoms with E-state index in [0.29, 0.717) is 0 Å². The molecule has 0 spiro atoms. The van der Waals surface area contributed by atoms with Crippen molar-refractivity contribution in [1.29, 1.82) is 0 Å². The minimum absolute atomic E-state index is 0.795. The monoisotopic (exact) mass is 777 g/mol. The first-order valence-electron chi connectivity index (χ1n) is 16.7. The van der Waals surface area contributed by atoms with Crippen molar-refractivity contribution in [2.45, 2.75) is 27.7 Å². The van der Waals surface area contributed by atoms with Crippen LogP contribution in [-0.4, -0.2) is 9.52 Å². The van der Waals surface area contributed by atoms with Crippen LogP contribution in [0.4, 0.5) is 0 Å². The molecule has 1 aliphatic rings. The Balaban J connectivity index is 0.000000126. The van der Waals surface area contributed by atoms with Gasteiger partial charge in [-0.1, -0.05) is 121 Å². The molecule has 246 valence electrons. The molecule has 0 aliphatic carbocycles. The van der Waals surface area contributed by atoms with Crippen LogP contribution < -0.4 is 10.4 Å². The van der Waals surface area contributed by atoms with Crippen molar-refractivity contribution < 1.29 is 20.8 Å². The van der Waals surface area contributed by atoms with Crippen LogP contribution in [0, 0.1) is 33.8 Å². The number of benzene rings is 6. The predicted octanol–water partition coefficient (Wildman–Crippen LogP) is 12.2. The number of fused-ring (bicyclic) bond motifs is 5. The van der Waals surface area contributed by atoms with E-state index in [1.165, 1.54) is 87.6 Å². The van der Waals surface area contributed by atoms with Crippen molar-refractivity contribution in [3.63, 3.8) is 0 Å². The van der Waals surface area contributed by atoms with Gasteiger partial charge in [-0.3, -0.25) is 0 Å². The fourth-order valence-electron chi connectivity index (χ4n) is 6.72. The van der Waals surface area contributed by atoms with Crippen LogP contribution in [0.1, 0.15) is 22.3 Å². The number of halogens is 2. The molecule has 2 radical (unpaired) electrons. The molecule has 0 amide bonds. The van der Waals surface area contributed by atoms with Crippen LogP contribution in [0.15, 0.2) is 152 Å². The summed E-state index contributed by atoms with van der Waals surface area (Å²) in [5, 5.41) is 8.22. The summed E-state index contributed by atoms with van der Waals surface area (Å²) in [5.74, 6) is 0. The van der Waals surface area contributed by atoms with Crippen LogP contribution in [0.2, 0.25) is 0 Å². The zero-order chi connectivity index (χ0) is 35.0. The van der Waals surface area contributed by atoms with Gasteiger partial charge < -0.3 is 0 Å². The van der Waals surface area contributed by atoms with E-state index >= 15 is 0 Å². The maximum absolute atomic E-state index is 4.93. The van der Waals surface area contributed by atoms with E-state index in [-0.39, 0.29) is 0 Å². The van der Waals surface area contributed by atoms with Crippen molar-refractivity contribution in [2.24, 2.45) is 0 Å². The molecule has 0 unspecified atom stereocenters. The fourth-order valence-corrected chi connectivity index (χ4v) is 8.03. The maximum atomic E-state index is 4.93. The average molecular weight is 780 g/mol. The van der Waals surface area contributed by atoms with Gasteiger partial charge in [0, 0.05) is 0 Å². The molecule has 8 aromatic carbocycles. The standard InChI is InChI=1S/2C17H15.C12H7Si.2ClH.Zr/c2*1-12-10-14-7-5-9-16(17(14)11-12)15-8-4-3-6-13(15)2;1-3-7-11-9(5-1)10-6-2-4-8-12(10)13-11;;;/h2*3-11H,1-2H3;1-7H;2*1H;/q3*-1;;;+2/p-2. The quantitative estimate of drug-likeness (QED) is 0.121. The molecule has 50 heavy (non-hydrogen) atoms. The van der Waals surface area contributed by atoms with Gasteiger partial charge in [-0.2, -0.15) is 41.6 Å². The van der Waals surface area contributed by atoms with E-state index in [0.717, 1.165) is 9.52 Å². The van der Waals surface area contributed by atoms with Gasteiger partial charge in [0.25, 0.3) is 0 Å². The van der Waals surface area contributed by atoms with E-state index in [4.69, 9.17) is 17.0 Å². The zero-order valence-electron chi connectivity index (χ0n) is 28.7. The van der Waals surface area contributed by atoms with E-state index < -0.39 is 20.8 Å². The number of aryl methyl sites for hydroxylation is 4. The third-order valence-electron chi connectivity index (χ3n) is 8.99. The van der Waals surface area contributed by atoms with Crippen LogP contribution >= 0.6 is 17.0 Å². The van der Waals surface area contributed by atoms with Crippen molar-refractivity contribution in [3.05, 3.63) is 180 Å². The normalized spacial score (nSPS) is 10.9. The Morgan fingerprint density at radius 1 is 0.500 bits per heavy atom. The summed E-state index contributed by atoms with van der Waals surface area (Å²) >= 11 is -0.826. The van der Waals surface area contributed by atoms with E-state index in [1.54, 1.807) is 0 Å². The molecule has 0 N–H and O–H groups in total. The van der Waals surface area contributed by atoms with Crippen molar-refractivity contribution in [2.75, 3.05) is 0 Å². The van der Waals surface area contributed by atoms with Gasteiger partial charge in [0.2, 0.25) is 0 Å². The molecule has 1 aliphatic heterocycles. The molecule has 8 aromatic rings. The van der Waals surface area contributed by atoms with E-state index in [9.17, 15) is 0 Å². The summed E-state index contributed by atoms with van der Waals surface area (Å²) in [7, 11) is 10.7. The number of rotatable bonds is 2. The van der Waals surface area contributed by atoms with Crippen LogP contribution in [-0.2, 0) is 20.8 Å². The summed E-state index contributed by atoms with van der Waals surface area (Å²) in [6.07, 6.45) is 0. The van der Waals surface area contributed by atoms with E-state index in [1.807, 2.05) is 6.07 Å². The Hall–Kier alpha value is -3.78. The second kappa shape index (κ2) is 17.0. The SMILES string of the molecule is Cc1cc2c(-c3ccccc3C)cccc2[cH-]1.Cc1cc2c(-c3ccccc3C)cccc2[cH-]1.[Cl][Zr][Cl].[c-]1cccc2c1[Si]c1ccccc1-2. The summed E-state index contributed by atoms with van der Waals surface area (Å²) in [6.45, 7) is 8.65. The smallest absolute Gasteiger partial charge is 0.0920 e. The topological polar surface area (TPSA) is 0 Å². The first kappa shape index (κ1) is 36.0. The molecule has 0 atom stereocenters. The molecule has 0 bridgehead atoms. The van der Waals surface area contributed by atoms with Crippen LogP contribution in [0.5, 0.6) is 0 Å².